The maximum absolute atomic E-state index is 12.3. The number of hydrogen-bond acceptors (Lipinski definition) is 4. The molecule has 0 aliphatic carbocycles. The number of carbonyl (C=O) groups excluding carboxylic acids is 1. The Morgan fingerprint density at radius 2 is 2.00 bits per heavy atom. The molecule has 0 unspecified atom stereocenters. The lowest BCUT2D eigenvalue weighted by molar-refractivity contribution is -0.122. The van der Waals surface area contributed by atoms with Gasteiger partial charge in [-0.2, -0.15) is 0 Å². The number of carbonyl (C=O) groups is 1. The van der Waals surface area contributed by atoms with Crippen LogP contribution in [0.5, 0.6) is 0 Å². The first-order valence-electron chi connectivity index (χ1n) is 9.58. The first kappa shape index (κ1) is 17.7. The lowest BCUT2D eigenvalue weighted by Gasteiger charge is -2.32. The number of fused-ring (bicyclic) bond motifs is 1. The van der Waals surface area contributed by atoms with Gasteiger partial charge in [-0.15, -0.1) is 0 Å². The van der Waals surface area contributed by atoms with Crippen LogP contribution < -0.4 is 5.32 Å². The van der Waals surface area contributed by atoms with Crippen molar-refractivity contribution in [1.82, 2.24) is 24.8 Å². The van der Waals surface area contributed by atoms with E-state index in [9.17, 15) is 4.79 Å². The Morgan fingerprint density at radius 1 is 1.15 bits per heavy atom. The van der Waals surface area contributed by atoms with E-state index >= 15 is 0 Å². The Balaban J connectivity index is 1.21. The third-order valence-corrected chi connectivity index (χ3v) is 5.19. The zero-order valence-corrected chi connectivity index (χ0v) is 15.4. The number of para-hydroxylation sites is 2. The zero-order valence-electron chi connectivity index (χ0n) is 15.4. The van der Waals surface area contributed by atoms with Crippen molar-refractivity contribution in [2.45, 2.75) is 38.4 Å². The van der Waals surface area contributed by atoms with Gasteiger partial charge in [0.25, 0.3) is 0 Å². The van der Waals surface area contributed by atoms with Gasteiger partial charge in [0.1, 0.15) is 0 Å². The van der Waals surface area contributed by atoms with E-state index in [0.29, 0.717) is 13.0 Å². The number of pyridine rings is 1. The number of nitrogens with one attached hydrogen (secondary N) is 1. The lowest BCUT2D eigenvalue weighted by Crippen LogP contribution is -2.44. The largest absolute Gasteiger partial charge is 0.353 e. The van der Waals surface area contributed by atoms with Gasteiger partial charge in [-0.1, -0.05) is 18.2 Å². The molecule has 140 valence electrons. The molecule has 4 rings (SSSR count). The second kappa shape index (κ2) is 8.31. The molecule has 0 radical (unpaired) electrons. The molecule has 3 aromatic rings. The highest BCUT2D eigenvalue weighted by Crippen LogP contribution is 2.15. The highest BCUT2D eigenvalue weighted by molar-refractivity contribution is 5.77. The van der Waals surface area contributed by atoms with Crippen LogP contribution in [-0.4, -0.2) is 44.5 Å². The van der Waals surface area contributed by atoms with Crippen molar-refractivity contribution in [1.29, 1.82) is 0 Å². The van der Waals surface area contributed by atoms with Gasteiger partial charge in [-0.3, -0.25) is 14.7 Å². The predicted molar refractivity (Wildman–Crippen MR) is 105 cm³/mol. The van der Waals surface area contributed by atoms with Crippen molar-refractivity contribution in [3.8, 4) is 0 Å². The van der Waals surface area contributed by atoms with E-state index in [1.165, 1.54) is 5.56 Å². The molecule has 1 aliphatic heterocycles. The van der Waals surface area contributed by atoms with Crippen LogP contribution in [0.25, 0.3) is 11.0 Å². The molecule has 1 N–H and O–H groups in total. The summed E-state index contributed by atoms with van der Waals surface area (Å²) in [6.45, 7) is 3.60. The summed E-state index contributed by atoms with van der Waals surface area (Å²) in [6, 6.07) is 12.4. The van der Waals surface area contributed by atoms with Gasteiger partial charge in [-0.05, 0) is 36.6 Å². The molecule has 1 aromatic carbocycles. The summed E-state index contributed by atoms with van der Waals surface area (Å²) in [5, 5.41) is 3.20. The van der Waals surface area contributed by atoms with Crippen LogP contribution in [0.2, 0.25) is 0 Å². The quantitative estimate of drug-likeness (QED) is 0.731. The average molecular weight is 363 g/mol. The van der Waals surface area contributed by atoms with Gasteiger partial charge in [0.2, 0.25) is 5.91 Å². The molecule has 0 bridgehead atoms. The molecule has 1 aliphatic rings. The van der Waals surface area contributed by atoms with Gasteiger partial charge in [0.05, 0.1) is 17.4 Å². The van der Waals surface area contributed by atoms with Crippen LogP contribution in [-0.2, 0) is 17.9 Å². The molecule has 0 atom stereocenters. The van der Waals surface area contributed by atoms with Gasteiger partial charge in [-0.25, -0.2) is 4.98 Å². The first-order chi connectivity index (χ1) is 13.3. The van der Waals surface area contributed by atoms with Crippen LogP contribution in [0.3, 0.4) is 0 Å². The zero-order chi connectivity index (χ0) is 18.5. The van der Waals surface area contributed by atoms with Crippen LogP contribution >= 0.6 is 0 Å². The fourth-order valence-corrected chi connectivity index (χ4v) is 3.70. The average Bonchev–Trinajstić information content (AvgIpc) is 3.12. The molecule has 6 heteroatoms. The number of amides is 1. The maximum Gasteiger partial charge on any atom is 0.222 e. The Hall–Kier alpha value is -2.73. The summed E-state index contributed by atoms with van der Waals surface area (Å²) in [5.41, 5.74) is 3.29. The number of benzene rings is 1. The molecule has 0 saturated carbocycles. The minimum Gasteiger partial charge on any atom is -0.353 e. The summed E-state index contributed by atoms with van der Waals surface area (Å²) in [4.78, 5) is 23.3. The maximum atomic E-state index is 12.3. The van der Waals surface area contributed by atoms with E-state index in [4.69, 9.17) is 0 Å². The molecule has 27 heavy (non-hydrogen) atoms. The third kappa shape index (κ3) is 4.52. The molecular formula is C21H25N5O. The van der Waals surface area contributed by atoms with Gasteiger partial charge < -0.3 is 9.88 Å². The van der Waals surface area contributed by atoms with Gasteiger partial charge in [0, 0.05) is 51.0 Å². The standard InChI is InChI=1S/C21H25N5O/c27-21(9-13-26-16-23-19-5-1-2-6-20(19)26)24-18-7-11-25(12-8-18)15-17-4-3-10-22-14-17/h1-6,10,14,16,18H,7-9,11-13,15H2,(H,24,27). The number of rotatable bonds is 6. The molecular weight excluding hydrogens is 338 g/mol. The Labute approximate surface area is 159 Å². The Bertz CT molecular complexity index is 884. The predicted octanol–water partition coefficient (Wildman–Crippen LogP) is 2.60. The van der Waals surface area contributed by atoms with Crippen molar-refractivity contribution < 1.29 is 4.79 Å². The lowest BCUT2D eigenvalue weighted by atomic mass is 10.0. The van der Waals surface area contributed by atoms with Crippen molar-refractivity contribution in [3.63, 3.8) is 0 Å². The van der Waals surface area contributed by atoms with Gasteiger partial charge in [0.15, 0.2) is 0 Å². The number of nitrogens with zero attached hydrogens (tertiary/aromatic N) is 4. The Morgan fingerprint density at radius 3 is 2.81 bits per heavy atom. The second-order valence-electron chi connectivity index (χ2n) is 7.16. The van der Waals surface area contributed by atoms with Gasteiger partial charge >= 0.3 is 0 Å². The van der Waals surface area contributed by atoms with Crippen LogP contribution in [0.1, 0.15) is 24.8 Å². The number of piperidine rings is 1. The topological polar surface area (TPSA) is 63.1 Å². The summed E-state index contributed by atoms with van der Waals surface area (Å²) >= 11 is 0. The fourth-order valence-electron chi connectivity index (χ4n) is 3.70. The number of aromatic nitrogens is 3. The number of aryl methyl sites for hydroxylation is 1. The van der Waals surface area contributed by atoms with Crippen LogP contribution in [0.4, 0.5) is 0 Å². The highest BCUT2D eigenvalue weighted by atomic mass is 16.1. The normalized spacial score (nSPS) is 15.9. The Kier molecular flexibility index (Phi) is 5.44. The first-order valence-corrected chi connectivity index (χ1v) is 9.58. The van der Waals surface area contributed by atoms with Crippen molar-refractivity contribution >= 4 is 16.9 Å². The number of hydrogen-bond donors (Lipinski definition) is 1. The number of likely N-dealkylation sites (tertiary alicyclic amines) is 1. The highest BCUT2D eigenvalue weighted by Gasteiger charge is 2.20. The van der Waals surface area contributed by atoms with Crippen LogP contribution in [0, 0.1) is 0 Å². The van der Waals surface area contributed by atoms with E-state index in [1.807, 2.05) is 47.4 Å². The monoisotopic (exact) mass is 363 g/mol. The fraction of sp³-hybridized carbons (Fsp3) is 0.381. The summed E-state index contributed by atoms with van der Waals surface area (Å²) in [7, 11) is 0. The minimum absolute atomic E-state index is 0.124. The van der Waals surface area contributed by atoms with E-state index < -0.39 is 0 Å². The molecule has 1 fully saturated rings. The molecule has 0 spiro atoms. The molecule has 3 heterocycles. The smallest absolute Gasteiger partial charge is 0.222 e. The minimum atomic E-state index is 0.124. The SMILES string of the molecule is O=C(CCn1cnc2ccccc21)NC1CCN(Cc2cccnc2)CC1. The molecule has 1 saturated heterocycles. The molecule has 6 nitrogen and oxygen atoms in total. The number of imidazole rings is 1. The van der Waals surface area contributed by atoms with E-state index in [0.717, 1.165) is 43.5 Å². The van der Waals surface area contributed by atoms with E-state index in [-0.39, 0.29) is 11.9 Å². The summed E-state index contributed by atoms with van der Waals surface area (Å²) in [5.74, 6) is 0.124. The summed E-state index contributed by atoms with van der Waals surface area (Å²) < 4.78 is 2.05. The van der Waals surface area contributed by atoms with Crippen molar-refractivity contribution in [2.75, 3.05) is 13.1 Å². The summed E-state index contributed by atoms with van der Waals surface area (Å²) in [6.07, 6.45) is 8.02. The van der Waals surface area contributed by atoms with Crippen LogP contribution in [0.15, 0.2) is 55.1 Å². The van der Waals surface area contributed by atoms with Crippen molar-refractivity contribution in [2.24, 2.45) is 0 Å². The molecule has 2 aromatic heterocycles. The van der Waals surface area contributed by atoms with E-state index in [1.54, 1.807) is 6.20 Å². The second-order valence-corrected chi connectivity index (χ2v) is 7.16. The van der Waals surface area contributed by atoms with Crippen molar-refractivity contribution in [3.05, 3.63) is 60.7 Å². The molecule has 1 amide bonds. The third-order valence-electron chi connectivity index (χ3n) is 5.19. The van der Waals surface area contributed by atoms with E-state index in [2.05, 4.69) is 26.3 Å².